The summed E-state index contributed by atoms with van der Waals surface area (Å²) < 4.78 is 5.55. The van der Waals surface area contributed by atoms with Gasteiger partial charge in [-0.1, -0.05) is 23.7 Å². The first-order valence-corrected chi connectivity index (χ1v) is 6.43. The maximum Gasteiger partial charge on any atom is 0.137 e. The molecule has 0 bridgehead atoms. The van der Waals surface area contributed by atoms with Crippen molar-refractivity contribution in [2.45, 2.75) is 31.8 Å². The van der Waals surface area contributed by atoms with Crippen molar-refractivity contribution in [3.63, 3.8) is 0 Å². The van der Waals surface area contributed by atoms with Gasteiger partial charge in [-0.15, -0.1) is 6.58 Å². The van der Waals surface area contributed by atoms with E-state index in [1.807, 2.05) is 18.2 Å². The lowest BCUT2D eigenvalue weighted by Gasteiger charge is -2.09. The zero-order valence-corrected chi connectivity index (χ0v) is 10.7. The molecule has 17 heavy (non-hydrogen) atoms. The zero-order valence-electron chi connectivity index (χ0n) is 9.92. The Balaban J connectivity index is 1.87. The number of benzene rings is 1. The smallest absolute Gasteiger partial charge is 0.137 e. The van der Waals surface area contributed by atoms with Gasteiger partial charge in [-0.2, -0.15) is 0 Å². The Morgan fingerprint density at radius 3 is 2.94 bits per heavy atom. The van der Waals surface area contributed by atoms with Gasteiger partial charge in [0, 0.05) is 12.6 Å². The van der Waals surface area contributed by atoms with Crippen LogP contribution in [0.25, 0.3) is 0 Å². The Labute approximate surface area is 108 Å². The van der Waals surface area contributed by atoms with Crippen LogP contribution >= 0.6 is 11.6 Å². The van der Waals surface area contributed by atoms with Gasteiger partial charge < -0.3 is 10.1 Å². The molecular formula is C14H18ClNO. The molecule has 1 N–H and O–H groups in total. The molecule has 1 aliphatic carbocycles. The molecule has 1 fully saturated rings. The van der Waals surface area contributed by atoms with E-state index in [-0.39, 0.29) is 0 Å². The fourth-order valence-electron chi connectivity index (χ4n) is 1.57. The third kappa shape index (κ3) is 4.06. The predicted octanol–water partition coefficient (Wildman–Crippen LogP) is 3.55. The van der Waals surface area contributed by atoms with Crippen LogP contribution in [0.1, 0.15) is 24.8 Å². The van der Waals surface area contributed by atoms with Crippen LogP contribution in [0.2, 0.25) is 5.02 Å². The van der Waals surface area contributed by atoms with Crippen LogP contribution in [0.5, 0.6) is 5.75 Å². The number of rotatable bonds is 7. The van der Waals surface area contributed by atoms with Crippen molar-refractivity contribution in [3.8, 4) is 5.75 Å². The second-order valence-corrected chi connectivity index (χ2v) is 4.75. The number of ether oxygens (including phenoxy) is 1. The van der Waals surface area contributed by atoms with Crippen molar-refractivity contribution < 1.29 is 4.74 Å². The molecule has 1 aliphatic rings. The number of nitrogens with one attached hydrogen (secondary N) is 1. The molecule has 0 spiro atoms. The zero-order chi connectivity index (χ0) is 12.1. The van der Waals surface area contributed by atoms with E-state index < -0.39 is 0 Å². The molecule has 2 rings (SSSR count). The summed E-state index contributed by atoms with van der Waals surface area (Å²) in [5.41, 5.74) is 1.21. The molecule has 0 atom stereocenters. The van der Waals surface area contributed by atoms with E-state index in [4.69, 9.17) is 16.3 Å². The lowest BCUT2D eigenvalue weighted by atomic mass is 10.2. The van der Waals surface area contributed by atoms with Gasteiger partial charge in [-0.3, -0.25) is 0 Å². The summed E-state index contributed by atoms with van der Waals surface area (Å²) >= 11 is 6.16. The predicted molar refractivity (Wildman–Crippen MR) is 71.6 cm³/mol. The van der Waals surface area contributed by atoms with E-state index in [9.17, 15) is 0 Å². The molecule has 2 nitrogen and oxygen atoms in total. The summed E-state index contributed by atoms with van der Waals surface area (Å²) in [4.78, 5) is 0. The molecule has 0 heterocycles. The second-order valence-electron chi connectivity index (χ2n) is 4.35. The summed E-state index contributed by atoms with van der Waals surface area (Å²) in [6.45, 7) is 5.17. The Kier molecular flexibility index (Phi) is 4.46. The highest BCUT2D eigenvalue weighted by molar-refractivity contribution is 6.32. The highest BCUT2D eigenvalue weighted by Crippen LogP contribution is 2.26. The Morgan fingerprint density at radius 2 is 2.29 bits per heavy atom. The maximum atomic E-state index is 6.16. The minimum Gasteiger partial charge on any atom is -0.492 e. The van der Waals surface area contributed by atoms with Gasteiger partial charge >= 0.3 is 0 Å². The number of hydrogen-bond acceptors (Lipinski definition) is 2. The third-order valence-corrected chi connectivity index (χ3v) is 3.04. The molecule has 0 aliphatic heterocycles. The number of halogens is 1. The summed E-state index contributed by atoms with van der Waals surface area (Å²) in [5.74, 6) is 0.753. The monoisotopic (exact) mass is 251 g/mol. The van der Waals surface area contributed by atoms with Crippen LogP contribution in [0.3, 0.4) is 0 Å². The molecule has 1 aromatic carbocycles. The molecule has 0 saturated heterocycles. The molecule has 92 valence electrons. The van der Waals surface area contributed by atoms with Gasteiger partial charge in [-0.25, -0.2) is 0 Å². The van der Waals surface area contributed by atoms with Crippen LogP contribution in [0, 0.1) is 0 Å². The fourth-order valence-corrected chi connectivity index (χ4v) is 1.83. The highest BCUT2D eigenvalue weighted by Gasteiger charge is 2.19. The van der Waals surface area contributed by atoms with Gasteiger partial charge in [0.2, 0.25) is 0 Å². The molecular weight excluding hydrogens is 234 g/mol. The third-order valence-electron chi connectivity index (χ3n) is 2.75. The van der Waals surface area contributed by atoms with Crippen LogP contribution in [0.4, 0.5) is 0 Å². The Bertz CT molecular complexity index is 388. The SMILES string of the molecule is C=CCCOc1ccc(CNC2CC2)cc1Cl. The van der Waals surface area contributed by atoms with Crippen molar-refractivity contribution in [2.24, 2.45) is 0 Å². The van der Waals surface area contributed by atoms with Gasteiger partial charge in [0.1, 0.15) is 5.75 Å². The maximum absolute atomic E-state index is 6.16. The summed E-state index contributed by atoms with van der Waals surface area (Å²) in [5, 5.41) is 4.14. The van der Waals surface area contributed by atoms with E-state index in [0.29, 0.717) is 11.6 Å². The molecule has 3 heteroatoms. The summed E-state index contributed by atoms with van der Waals surface area (Å²) in [7, 11) is 0. The molecule has 0 radical (unpaired) electrons. The lowest BCUT2D eigenvalue weighted by Crippen LogP contribution is -2.15. The van der Waals surface area contributed by atoms with Crippen LogP contribution < -0.4 is 10.1 Å². The van der Waals surface area contributed by atoms with E-state index >= 15 is 0 Å². The van der Waals surface area contributed by atoms with Crippen LogP contribution in [-0.2, 0) is 6.54 Å². The summed E-state index contributed by atoms with van der Waals surface area (Å²) in [6, 6.07) is 6.69. The van der Waals surface area contributed by atoms with Crippen molar-refractivity contribution >= 4 is 11.6 Å². The summed E-state index contributed by atoms with van der Waals surface area (Å²) in [6.07, 6.45) is 5.27. The van der Waals surface area contributed by atoms with Crippen molar-refractivity contribution in [1.29, 1.82) is 0 Å². The molecule has 0 amide bonds. The average Bonchev–Trinajstić information content (AvgIpc) is 3.13. The van der Waals surface area contributed by atoms with Crippen molar-refractivity contribution in [2.75, 3.05) is 6.61 Å². The highest BCUT2D eigenvalue weighted by atomic mass is 35.5. The van der Waals surface area contributed by atoms with Crippen LogP contribution in [-0.4, -0.2) is 12.6 Å². The molecule has 0 aromatic heterocycles. The van der Waals surface area contributed by atoms with Crippen LogP contribution in [0.15, 0.2) is 30.9 Å². The molecule has 1 aromatic rings. The first-order valence-electron chi connectivity index (χ1n) is 6.05. The van der Waals surface area contributed by atoms with Gasteiger partial charge in [0.25, 0.3) is 0 Å². The first kappa shape index (κ1) is 12.5. The standard InChI is InChI=1S/C14H18ClNO/c1-2-3-8-17-14-7-4-11(9-13(14)15)10-16-12-5-6-12/h2,4,7,9,12,16H,1,3,5-6,8,10H2. The normalized spacial score (nSPS) is 14.6. The van der Waals surface area contributed by atoms with Crippen molar-refractivity contribution in [1.82, 2.24) is 5.32 Å². The lowest BCUT2D eigenvalue weighted by molar-refractivity contribution is 0.325. The van der Waals surface area contributed by atoms with E-state index in [2.05, 4.69) is 18.0 Å². The second kappa shape index (κ2) is 6.08. The fraction of sp³-hybridized carbons (Fsp3) is 0.429. The Hall–Kier alpha value is -0.990. The van der Waals surface area contributed by atoms with Gasteiger partial charge in [-0.05, 0) is 37.0 Å². The average molecular weight is 252 g/mol. The van der Waals surface area contributed by atoms with E-state index in [0.717, 1.165) is 24.8 Å². The van der Waals surface area contributed by atoms with E-state index in [1.165, 1.54) is 18.4 Å². The van der Waals surface area contributed by atoms with E-state index in [1.54, 1.807) is 0 Å². The van der Waals surface area contributed by atoms with Gasteiger partial charge in [0.05, 0.1) is 11.6 Å². The topological polar surface area (TPSA) is 21.3 Å². The largest absolute Gasteiger partial charge is 0.492 e. The molecule has 1 saturated carbocycles. The quantitative estimate of drug-likeness (QED) is 0.591. The minimum absolute atomic E-state index is 0.628. The minimum atomic E-state index is 0.628. The van der Waals surface area contributed by atoms with Gasteiger partial charge in [0.15, 0.2) is 0 Å². The molecule has 0 unspecified atom stereocenters. The Morgan fingerprint density at radius 1 is 1.47 bits per heavy atom. The first-order chi connectivity index (χ1) is 8.29. The van der Waals surface area contributed by atoms with Crippen molar-refractivity contribution in [3.05, 3.63) is 41.4 Å². The number of hydrogen-bond donors (Lipinski definition) is 1.